The molecule has 0 amide bonds. The molecule has 2 rings (SSSR count). The first-order valence-corrected chi connectivity index (χ1v) is 6.27. The molecule has 96 valence electrons. The van der Waals surface area contributed by atoms with E-state index in [1.807, 2.05) is 17.7 Å². The Morgan fingerprint density at radius 2 is 2.18 bits per heavy atom. The molecule has 4 nitrogen and oxygen atoms in total. The van der Waals surface area contributed by atoms with Crippen molar-refractivity contribution >= 4 is 5.82 Å². The van der Waals surface area contributed by atoms with E-state index in [4.69, 9.17) is 5.73 Å². The molecular weight excluding hydrogens is 219 g/mol. The van der Waals surface area contributed by atoms with Gasteiger partial charge in [0.25, 0.3) is 0 Å². The number of halogens is 1. The highest BCUT2D eigenvalue weighted by Crippen LogP contribution is 2.20. The van der Waals surface area contributed by atoms with Gasteiger partial charge in [0.05, 0.1) is 5.69 Å². The van der Waals surface area contributed by atoms with E-state index in [0.717, 1.165) is 44.0 Å². The third-order valence-electron chi connectivity index (χ3n) is 3.47. The zero-order chi connectivity index (χ0) is 12.3. The van der Waals surface area contributed by atoms with Gasteiger partial charge in [-0.1, -0.05) is 0 Å². The average molecular weight is 240 g/mol. The maximum absolute atomic E-state index is 12.2. The number of hydrogen-bond donors (Lipinski definition) is 1. The molecule has 0 aromatic carbocycles. The van der Waals surface area contributed by atoms with Gasteiger partial charge in [-0.25, -0.2) is 9.07 Å². The molecule has 0 atom stereocenters. The minimum absolute atomic E-state index is 0.240. The minimum Gasteiger partial charge on any atom is -0.384 e. The van der Waals surface area contributed by atoms with Crippen molar-refractivity contribution in [3.63, 3.8) is 0 Å². The second kappa shape index (κ2) is 5.49. The Kier molecular flexibility index (Phi) is 3.99. The molecule has 1 aromatic rings. The normalized spacial score (nSPS) is 18.7. The van der Waals surface area contributed by atoms with Crippen LogP contribution in [-0.4, -0.2) is 41.0 Å². The summed E-state index contributed by atoms with van der Waals surface area (Å²) >= 11 is 0. The predicted molar refractivity (Wildman–Crippen MR) is 66.5 cm³/mol. The first kappa shape index (κ1) is 12.4. The number of alkyl halides is 1. The molecule has 17 heavy (non-hydrogen) atoms. The fourth-order valence-corrected chi connectivity index (χ4v) is 2.47. The van der Waals surface area contributed by atoms with Gasteiger partial charge in [-0.2, -0.15) is 5.10 Å². The van der Waals surface area contributed by atoms with Crippen molar-refractivity contribution in [2.24, 2.45) is 5.92 Å². The monoisotopic (exact) mass is 240 g/mol. The van der Waals surface area contributed by atoms with Crippen molar-refractivity contribution in [3.05, 3.63) is 11.8 Å². The lowest BCUT2D eigenvalue weighted by molar-refractivity contribution is 0.161. The van der Waals surface area contributed by atoms with E-state index in [0.29, 0.717) is 12.5 Å². The van der Waals surface area contributed by atoms with Gasteiger partial charge >= 0.3 is 0 Å². The summed E-state index contributed by atoms with van der Waals surface area (Å²) in [7, 11) is 0. The SMILES string of the molecule is Cc1cc(N)n(CC2CCN(CCF)CC2)n1. The van der Waals surface area contributed by atoms with E-state index in [1.165, 1.54) is 0 Å². The Bertz CT molecular complexity index is 355. The van der Waals surface area contributed by atoms with Gasteiger partial charge in [-0.05, 0) is 38.8 Å². The fraction of sp³-hybridized carbons (Fsp3) is 0.750. The topological polar surface area (TPSA) is 47.1 Å². The molecule has 1 fully saturated rings. The van der Waals surface area contributed by atoms with Gasteiger partial charge in [-0.15, -0.1) is 0 Å². The molecule has 1 aliphatic rings. The van der Waals surface area contributed by atoms with Crippen LogP contribution in [0.1, 0.15) is 18.5 Å². The van der Waals surface area contributed by atoms with Crippen LogP contribution in [0.15, 0.2) is 6.07 Å². The number of aromatic nitrogens is 2. The highest BCUT2D eigenvalue weighted by Gasteiger charge is 2.20. The Balaban J connectivity index is 1.84. The maximum atomic E-state index is 12.2. The molecule has 2 heterocycles. The van der Waals surface area contributed by atoms with Crippen LogP contribution < -0.4 is 5.73 Å². The average Bonchev–Trinajstić information content (AvgIpc) is 2.61. The molecule has 2 N–H and O–H groups in total. The number of anilines is 1. The number of aryl methyl sites for hydroxylation is 1. The van der Waals surface area contributed by atoms with Crippen LogP contribution in [0, 0.1) is 12.8 Å². The molecule has 1 aromatic heterocycles. The summed E-state index contributed by atoms with van der Waals surface area (Å²) in [5.74, 6) is 1.36. The molecule has 0 spiro atoms. The first-order valence-electron chi connectivity index (χ1n) is 6.27. The fourth-order valence-electron chi connectivity index (χ4n) is 2.47. The zero-order valence-corrected chi connectivity index (χ0v) is 10.4. The summed E-state index contributed by atoms with van der Waals surface area (Å²) in [6.07, 6.45) is 2.22. The Labute approximate surface area is 102 Å². The van der Waals surface area contributed by atoms with Crippen LogP contribution in [0.4, 0.5) is 10.2 Å². The lowest BCUT2D eigenvalue weighted by Crippen LogP contribution is -2.36. The van der Waals surface area contributed by atoms with Crippen molar-refractivity contribution < 1.29 is 4.39 Å². The van der Waals surface area contributed by atoms with Gasteiger partial charge in [0, 0.05) is 19.2 Å². The van der Waals surface area contributed by atoms with Crippen LogP contribution in [-0.2, 0) is 6.54 Å². The van der Waals surface area contributed by atoms with Gasteiger partial charge in [0.15, 0.2) is 0 Å². The molecule has 1 saturated heterocycles. The van der Waals surface area contributed by atoms with E-state index in [2.05, 4.69) is 10.00 Å². The van der Waals surface area contributed by atoms with Crippen LogP contribution >= 0.6 is 0 Å². The van der Waals surface area contributed by atoms with Crippen molar-refractivity contribution in [3.8, 4) is 0 Å². The number of rotatable bonds is 4. The summed E-state index contributed by atoms with van der Waals surface area (Å²) in [5.41, 5.74) is 6.84. The van der Waals surface area contributed by atoms with Crippen molar-refractivity contribution in [2.75, 3.05) is 32.0 Å². The first-order chi connectivity index (χ1) is 8.19. The van der Waals surface area contributed by atoms with Crippen molar-refractivity contribution in [2.45, 2.75) is 26.3 Å². The van der Waals surface area contributed by atoms with E-state index < -0.39 is 0 Å². The summed E-state index contributed by atoms with van der Waals surface area (Å²) in [6, 6.07) is 1.90. The molecule has 0 bridgehead atoms. The Morgan fingerprint density at radius 1 is 1.47 bits per heavy atom. The van der Waals surface area contributed by atoms with Crippen molar-refractivity contribution in [1.82, 2.24) is 14.7 Å². The second-order valence-electron chi connectivity index (χ2n) is 4.87. The smallest absolute Gasteiger partial charge is 0.121 e. The number of nitrogen functional groups attached to an aromatic ring is 1. The molecule has 0 saturated carbocycles. The van der Waals surface area contributed by atoms with E-state index in [9.17, 15) is 4.39 Å². The van der Waals surface area contributed by atoms with Gasteiger partial charge in [-0.3, -0.25) is 0 Å². The number of nitrogens with two attached hydrogens (primary N) is 1. The van der Waals surface area contributed by atoms with Crippen LogP contribution in [0.2, 0.25) is 0 Å². The highest BCUT2D eigenvalue weighted by molar-refractivity contribution is 5.30. The minimum atomic E-state index is -0.240. The number of hydrogen-bond acceptors (Lipinski definition) is 3. The number of piperidine rings is 1. The second-order valence-corrected chi connectivity index (χ2v) is 4.87. The van der Waals surface area contributed by atoms with E-state index in [1.54, 1.807) is 0 Å². The quantitative estimate of drug-likeness (QED) is 0.866. The summed E-state index contributed by atoms with van der Waals surface area (Å²) in [5, 5.41) is 4.38. The lowest BCUT2D eigenvalue weighted by atomic mass is 9.97. The summed E-state index contributed by atoms with van der Waals surface area (Å²) in [4.78, 5) is 2.19. The van der Waals surface area contributed by atoms with Gasteiger partial charge in [0.2, 0.25) is 0 Å². The maximum Gasteiger partial charge on any atom is 0.121 e. The predicted octanol–water partition coefficient (Wildman–Crippen LogP) is 1.46. The number of likely N-dealkylation sites (tertiary alicyclic amines) is 1. The van der Waals surface area contributed by atoms with Crippen LogP contribution in [0.25, 0.3) is 0 Å². The van der Waals surface area contributed by atoms with Crippen molar-refractivity contribution in [1.29, 1.82) is 0 Å². The molecule has 0 radical (unpaired) electrons. The molecule has 5 heteroatoms. The molecule has 0 unspecified atom stereocenters. The Hall–Kier alpha value is -1.10. The summed E-state index contributed by atoms with van der Waals surface area (Å²) in [6.45, 7) is 5.18. The standard InChI is InChI=1S/C12H21FN4/c1-10-8-12(14)17(15-10)9-11-2-5-16(6-3-11)7-4-13/h8,11H,2-7,9,14H2,1H3. The third kappa shape index (κ3) is 3.19. The molecule has 0 aliphatic carbocycles. The van der Waals surface area contributed by atoms with Crippen LogP contribution in [0.5, 0.6) is 0 Å². The lowest BCUT2D eigenvalue weighted by Gasteiger charge is -2.31. The largest absolute Gasteiger partial charge is 0.384 e. The zero-order valence-electron chi connectivity index (χ0n) is 10.4. The van der Waals surface area contributed by atoms with Crippen LogP contribution in [0.3, 0.4) is 0 Å². The summed E-state index contributed by atoms with van der Waals surface area (Å²) < 4.78 is 14.1. The molecular formula is C12H21FN4. The highest BCUT2D eigenvalue weighted by atomic mass is 19.1. The van der Waals surface area contributed by atoms with E-state index in [-0.39, 0.29) is 6.67 Å². The van der Waals surface area contributed by atoms with E-state index >= 15 is 0 Å². The Morgan fingerprint density at radius 3 is 2.71 bits per heavy atom. The van der Waals surface area contributed by atoms with Gasteiger partial charge in [0.1, 0.15) is 12.5 Å². The molecule has 1 aliphatic heterocycles. The number of nitrogens with zero attached hydrogens (tertiary/aromatic N) is 3. The third-order valence-corrected chi connectivity index (χ3v) is 3.47. The van der Waals surface area contributed by atoms with Gasteiger partial charge < -0.3 is 10.6 Å².